The average molecular weight is 287 g/mol. The number of nitrogens with zero attached hydrogens (tertiary/aromatic N) is 1. The van der Waals surface area contributed by atoms with Crippen molar-refractivity contribution in [3.8, 4) is 0 Å². The van der Waals surface area contributed by atoms with Gasteiger partial charge in [-0.25, -0.2) is 4.79 Å². The van der Waals surface area contributed by atoms with Gasteiger partial charge in [0.2, 0.25) is 0 Å². The number of amides is 1. The molecule has 1 rings (SSSR count). The second-order valence-corrected chi connectivity index (χ2v) is 5.15. The monoisotopic (exact) mass is 287 g/mol. The van der Waals surface area contributed by atoms with Crippen molar-refractivity contribution in [1.29, 1.82) is 0 Å². The van der Waals surface area contributed by atoms with E-state index < -0.39 is 0 Å². The van der Waals surface area contributed by atoms with Gasteiger partial charge in [0, 0.05) is 32.7 Å². The first-order valence-corrected chi connectivity index (χ1v) is 5.12. The summed E-state index contributed by atoms with van der Waals surface area (Å²) in [7, 11) is 0. The third kappa shape index (κ3) is 4.82. The zero-order valence-electron chi connectivity index (χ0n) is 10.3. The Bertz CT molecular complexity index is 217. The molecule has 0 spiro atoms. The predicted octanol–water partition coefficient (Wildman–Crippen LogP) is 2.47. The van der Waals surface area contributed by atoms with Gasteiger partial charge in [-0.2, -0.15) is 5.92 Å². The molecule has 1 amide bonds. The summed E-state index contributed by atoms with van der Waals surface area (Å²) < 4.78 is 5.24. The van der Waals surface area contributed by atoms with E-state index in [4.69, 9.17) is 4.74 Å². The molecule has 1 aliphatic heterocycles. The van der Waals surface area contributed by atoms with E-state index in [0.29, 0.717) is 5.92 Å². The van der Waals surface area contributed by atoms with E-state index in [1.165, 1.54) is 5.92 Å². The zero-order valence-corrected chi connectivity index (χ0v) is 13.2. The number of hydrogen-bond donors (Lipinski definition) is 0. The quantitative estimate of drug-likeness (QED) is 0.693. The Labute approximate surface area is 118 Å². The normalized spacial score (nSPS) is 17.1. The Kier molecular flexibility index (Phi) is 5.77. The number of ether oxygens (including phenoxy) is 1. The first-order valence-electron chi connectivity index (χ1n) is 5.12. The standard InChI is InChI=1S/C11H20NO2.Y/c1-8(2)9-6-12(7-9)10(13)14-11(3,4)5;/h8H,6-7H2,1-5H3;/q-1;. The smallest absolute Gasteiger partial charge is 0.405 e. The van der Waals surface area contributed by atoms with Crippen molar-refractivity contribution in [1.82, 2.24) is 4.90 Å². The number of rotatable bonds is 1. The predicted molar refractivity (Wildman–Crippen MR) is 55.9 cm³/mol. The molecular weight excluding hydrogens is 267 g/mol. The second kappa shape index (κ2) is 5.63. The van der Waals surface area contributed by atoms with E-state index in [1.807, 2.05) is 20.8 Å². The molecule has 85 valence electrons. The van der Waals surface area contributed by atoms with Gasteiger partial charge in [-0.05, 0) is 20.8 Å². The first kappa shape index (κ1) is 15.4. The summed E-state index contributed by atoms with van der Waals surface area (Å²) in [6.45, 7) is 11.5. The maximum absolute atomic E-state index is 11.5. The minimum absolute atomic E-state index is 0. The van der Waals surface area contributed by atoms with Crippen LogP contribution in [0.5, 0.6) is 0 Å². The van der Waals surface area contributed by atoms with E-state index in [9.17, 15) is 4.79 Å². The number of carbonyl (C=O) groups excluding carboxylic acids is 1. The molecule has 0 N–H and O–H groups in total. The molecular formula is C11H20NO2Y-. The van der Waals surface area contributed by atoms with Gasteiger partial charge >= 0.3 is 6.09 Å². The molecule has 1 fully saturated rings. The fourth-order valence-electron chi connectivity index (χ4n) is 1.26. The largest absolute Gasteiger partial charge is 0.444 e. The molecule has 1 radical (unpaired) electrons. The van der Waals surface area contributed by atoms with Gasteiger partial charge < -0.3 is 9.64 Å². The van der Waals surface area contributed by atoms with Gasteiger partial charge in [0.25, 0.3) is 0 Å². The molecule has 0 aromatic heterocycles. The first-order chi connectivity index (χ1) is 6.29. The molecule has 4 heteroatoms. The Morgan fingerprint density at radius 2 is 1.80 bits per heavy atom. The summed E-state index contributed by atoms with van der Waals surface area (Å²) in [4.78, 5) is 13.2. The third-order valence-corrected chi connectivity index (χ3v) is 2.26. The van der Waals surface area contributed by atoms with Crippen LogP contribution in [0.1, 0.15) is 34.6 Å². The summed E-state index contributed by atoms with van der Waals surface area (Å²) in [5, 5.41) is 0. The molecule has 0 atom stereocenters. The molecule has 1 aliphatic rings. The van der Waals surface area contributed by atoms with Gasteiger partial charge in [-0.3, -0.25) is 5.92 Å². The van der Waals surface area contributed by atoms with E-state index in [0.717, 1.165) is 13.1 Å². The molecule has 0 saturated carbocycles. The van der Waals surface area contributed by atoms with Crippen molar-refractivity contribution in [2.45, 2.75) is 40.2 Å². The summed E-state index contributed by atoms with van der Waals surface area (Å²) >= 11 is 0. The fourth-order valence-corrected chi connectivity index (χ4v) is 1.26. The van der Waals surface area contributed by atoms with E-state index >= 15 is 0 Å². The van der Waals surface area contributed by atoms with Crippen LogP contribution < -0.4 is 0 Å². The van der Waals surface area contributed by atoms with Crippen molar-refractivity contribution in [3.63, 3.8) is 0 Å². The Balaban J connectivity index is 0.00000196. The molecule has 0 aromatic carbocycles. The molecule has 1 heterocycles. The SMILES string of the molecule is CC(C)[C-]1CN(C(=O)OC(C)(C)C)C1.[Y]. The Morgan fingerprint density at radius 3 is 2.13 bits per heavy atom. The van der Waals surface area contributed by atoms with Gasteiger partial charge in [-0.1, -0.05) is 26.9 Å². The van der Waals surface area contributed by atoms with Crippen molar-refractivity contribution in [2.24, 2.45) is 5.92 Å². The second-order valence-electron chi connectivity index (χ2n) is 5.15. The third-order valence-electron chi connectivity index (χ3n) is 2.26. The Morgan fingerprint density at radius 1 is 1.33 bits per heavy atom. The van der Waals surface area contributed by atoms with Crippen LogP contribution in [0.25, 0.3) is 0 Å². The molecule has 0 unspecified atom stereocenters. The van der Waals surface area contributed by atoms with Crippen LogP contribution in [-0.2, 0) is 37.4 Å². The van der Waals surface area contributed by atoms with Crippen molar-refractivity contribution >= 4 is 6.09 Å². The van der Waals surface area contributed by atoms with E-state index in [2.05, 4.69) is 13.8 Å². The summed E-state index contributed by atoms with van der Waals surface area (Å²) in [5.74, 6) is 2.00. The van der Waals surface area contributed by atoms with Crippen LogP contribution >= 0.6 is 0 Å². The molecule has 15 heavy (non-hydrogen) atoms. The maximum atomic E-state index is 11.5. The van der Waals surface area contributed by atoms with Gasteiger partial charge in [0.1, 0.15) is 5.60 Å². The average Bonchev–Trinajstić information content (AvgIpc) is 1.75. The van der Waals surface area contributed by atoms with Crippen LogP contribution in [0.15, 0.2) is 0 Å². The molecule has 0 bridgehead atoms. The van der Waals surface area contributed by atoms with Gasteiger partial charge in [0.15, 0.2) is 0 Å². The number of hydrogen-bond acceptors (Lipinski definition) is 2. The Hall–Kier alpha value is 0.374. The minimum Gasteiger partial charge on any atom is -0.444 e. The fraction of sp³-hybridized carbons (Fsp3) is 0.818. The van der Waals surface area contributed by atoms with Crippen LogP contribution in [0.4, 0.5) is 4.79 Å². The molecule has 1 saturated heterocycles. The molecule has 0 aromatic rings. The van der Waals surface area contributed by atoms with Gasteiger partial charge in [-0.15, -0.1) is 0 Å². The van der Waals surface area contributed by atoms with Crippen molar-refractivity contribution in [2.75, 3.05) is 13.1 Å². The van der Waals surface area contributed by atoms with E-state index in [1.54, 1.807) is 4.90 Å². The van der Waals surface area contributed by atoms with Crippen molar-refractivity contribution < 1.29 is 42.2 Å². The molecule has 0 aliphatic carbocycles. The number of carbonyl (C=O) groups is 1. The van der Waals surface area contributed by atoms with Crippen LogP contribution in [0.2, 0.25) is 0 Å². The van der Waals surface area contributed by atoms with Crippen LogP contribution in [-0.4, -0.2) is 29.7 Å². The maximum Gasteiger partial charge on any atom is 0.405 e. The van der Waals surface area contributed by atoms with Crippen molar-refractivity contribution in [3.05, 3.63) is 5.92 Å². The topological polar surface area (TPSA) is 29.5 Å². The van der Waals surface area contributed by atoms with Crippen LogP contribution in [0, 0.1) is 11.8 Å². The number of likely N-dealkylation sites (tertiary alicyclic amines) is 1. The molecule has 3 nitrogen and oxygen atoms in total. The van der Waals surface area contributed by atoms with Crippen LogP contribution in [0.3, 0.4) is 0 Å². The zero-order chi connectivity index (χ0) is 10.9. The summed E-state index contributed by atoms with van der Waals surface area (Å²) in [6.07, 6.45) is -0.193. The minimum atomic E-state index is -0.384. The van der Waals surface area contributed by atoms with Gasteiger partial charge in [0.05, 0.1) is 0 Å². The summed E-state index contributed by atoms with van der Waals surface area (Å²) in [6, 6.07) is 0. The van der Waals surface area contributed by atoms with E-state index in [-0.39, 0.29) is 44.4 Å². The summed E-state index contributed by atoms with van der Waals surface area (Å²) in [5.41, 5.74) is -0.384.